The molecule has 0 aliphatic heterocycles. The summed E-state index contributed by atoms with van der Waals surface area (Å²) in [6.45, 7) is 0. The van der Waals surface area contributed by atoms with Gasteiger partial charge >= 0.3 is 5.97 Å². The first-order valence-electron chi connectivity index (χ1n) is 9.13. The minimum absolute atomic E-state index is 0.186. The molecule has 23 heavy (non-hydrogen) atoms. The van der Waals surface area contributed by atoms with Crippen molar-refractivity contribution in [3.05, 3.63) is 29.8 Å². The summed E-state index contributed by atoms with van der Waals surface area (Å²) in [7, 11) is 0. The number of hydrogen-bond acceptors (Lipinski definition) is 2. The number of benzene rings is 1. The summed E-state index contributed by atoms with van der Waals surface area (Å²) < 4.78 is 6.25. The molecule has 1 spiro atoms. The Morgan fingerprint density at radius 1 is 1.09 bits per heavy atom. The highest BCUT2D eigenvalue weighted by Gasteiger charge is 2.37. The van der Waals surface area contributed by atoms with E-state index in [1.165, 1.54) is 57.8 Å². The number of carboxylic acid groups (broad SMARTS) is 1. The van der Waals surface area contributed by atoms with Crippen LogP contribution in [0.2, 0.25) is 0 Å². The lowest BCUT2D eigenvalue weighted by molar-refractivity contribution is -0.136. The van der Waals surface area contributed by atoms with Crippen LogP contribution in [0, 0.1) is 5.41 Å². The second-order valence-electron chi connectivity index (χ2n) is 7.43. The molecular formula is C20H28O3. The first-order valence-corrected chi connectivity index (χ1v) is 9.13. The molecule has 2 fully saturated rings. The molecule has 0 bridgehead atoms. The molecule has 1 aromatic carbocycles. The number of rotatable bonds is 5. The van der Waals surface area contributed by atoms with E-state index >= 15 is 0 Å². The maximum atomic E-state index is 10.6. The maximum Gasteiger partial charge on any atom is 0.303 e. The molecule has 2 aliphatic carbocycles. The van der Waals surface area contributed by atoms with Crippen LogP contribution in [0.5, 0.6) is 5.75 Å². The lowest BCUT2D eigenvalue weighted by atomic mass is 9.65. The van der Waals surface area contributed by atoms with E-state index in [1.54, 1.807) is 0 Å². The molecule has 1 aromatic rings. The third-order valence-corrected chi connectivity index (χ3v) is 5.66. The summed E-state index contributed by atoms with van der Waals surface area (Å²) in [4.78, 5) is 10.6. The van der Waals surface area contributed by atoms with E-state index in [0.29, 0.717) is 17.9 Å². The van der Waals surface area contributed by atoms with Crippen LogP contribution in [-0.2, 0) is 11.2 Å². The molecule has 0 radical (unpaired) electrons. The minimum atomic E-state index is -0.745. The lowest BCUT2D eigenvalue weighted by Gasteiger charge is -2.43. The average molecular weight is 316 g/mol. The maximum absolute atomic E-state index is 10.6. The van der Waals surface area contributed by atoms with Crippen molar-refractivity contribution in [2.75, 3.05) is 0 Å². The third kappa shape index (κ3) is 4.49. The zero-order valence-corrected chi connectivity index (χ0v) is 13.9. The standard InChI is InChI=1S/C20H28O3/c21-19(22)11-8-16-6-9-17(10-7-16)23-18-5-4-14-20(15-18)12-2-1-3-13-20/h6-7,9-10,18H,1-5,8,11-15H2,(H,21,22). The molecule has 3 rings (SSSR count). The Labute approximate surface area is 139 Å². The van der Waals surface area contributed by atoms with Crippen molar-refractivity contribution in [1.82, 2.24) is 0 Å². The van der Waals surface area contributed by atoms with Crippen molar-refractivity contribution in [2.24, 2.45) is 5.41 Å². The quantitative estimate of drug-likeness (QED) is 0.833. The number of hydrogen-bond donors (Lipinski definition) is 1. The second-order valence-corrected chi connectivity index (χ2v) is 7.43. The fourth-order valence-electron chi connectivity index (χ4n) is 4.43. The molecule has 2 aliphatic rings. The van der Waals surface area contributed by atoms with E-state index in [-0.39, 0.29) is 6.42 Å². The highest BCUT2D eigenvalue weighted by atomic mass is 16.5. The van der Waals surface area contributed by atoms with Gasteiger partial charge in [-0.1, -0.05) is 31.4 Å². The first kappa shape index (κ1) is 16.4. The van der Waals surface area contributed by atoms with Gasteiger partial charge in [-0.2, -0.15) is 0 Å². The predicted molar refractivity (Wildman–Crippen MR) is 90.8 cm³/mol. The van der Waals surface area contributed by atoms with Gasteiger partial charge in [0.25, 0.3) is 0 Å². The highest BCUT2D eigenvalue weighted by molar-refractivity contribution is 5.67. The van der Waals surface area contributed by atoms with Gasteiger partial charge in [0, 0.05) is 6.42 Å². The minimum Gasteiger partial charge on any atom is -0.490 e. The van der Waals surface area contributed by atoms with Crippen molar-refractivity contribution in [2.45, 2.75) is 76.7 Å². The lowest BCUT2D eigenvalue weighted by Crippen LogP contribution is -2.35. The Bertz CT molecular complexity index is 509. The summed E-state index contributed by atoms with van der Waals surface area (Å²) in [5.41, 5.74) is 1.62. The number of carbonyl (C=O) groups is 1. The monoisotopic (exact) mass is 316 g/mol. The van der Waals surface area contributed by atoms with Crippen molar-refractivity contribution in [3.8, 4) is 5.75 Å². The van der Waals surface area contributed by atoms with Gasteiger partial charge in [-0.15, -0.1) is 0 Å². The first-order chi connectivity index (χ1) is 11.2. The summed E-state index contributed by atoms with van der Waals surface area (Å²) in [5.74, 6) is 0.187. The molecule has 0 aromatic heterocycles. The van der Waals surface area contributed by atoms with Crippen molar-refractivity contribution < 1.29 is 14.6 Å². The van der Waals surface area contributed by atoms with Crippen LogP contribution in [0.25, 0.3) is 0 Å². The van der Waals surface area contributed by atoms with Crippen LogP contribution in [0.4, 0.5) is 0 Å². The molecule has 0 amide bonds. The summed E-state index contributed by atoms with van der Waals surface area (Å²) in [6, 6.07) is 7.99. The van der Waals surface area contributed by atoms with Crippen LogP contribution in [-0.4, -0.2) is 17.2 Å². The molecule has 1 N–H and O–H groups in total. The molecule has 3 heteroatoms. The van der Waals surface area contributed by atoms with Crippen molar-refractivity contribution >= 4 is 5.97 Å². The van der Waals surface area contributed by atoms with Gasteiger partial charge in [-0.25, -0.2) is 0 Å². The summed E-state index contributed by atoms with van der Waals surface area (Å²) in [5, 5.41) is 8.74. The molecule has 1 atom stereocenters. The van der Waals surface area contributed by atoms with Crippen LogP contribution in [0.15, 0.2) is 24.3 Å². The van der Waals surface area contributed by atoms with E-state index < -0.39 is 5.97 Å². The predicted octanol–water partition coefficient (Wildman–Crippen LogP) is 4.98. The molecule has 0 saturated heterocycles. The van der Waals surface area contributed by atoms with Crippen LogP contribution < -0.4 is 4.74 Å². The number of aliphatic carboxylic acids is 1. The molecule has 3 nitrogen and oxygen atoms in total. The smallest absolute Gasteiger partial charge is 0.303 e. The Morgan fingerprint density at radius 2 is 1.78 bits per heavy atom. The van der Waals surface area contributed by atoms with Gasteiger partial charge in [-0.05, 0) is 68.1 Å². The fourth-order valence-corrected chi connectivity index (χ4v) is 4.43. The number of carboxylic acids is 1. The van der Waals surface area contributed by atoms with E-state index in [2.05, 4.69) is 0 Å². The Morgan fingerprint density at radius 3 is 2.48 bits per heavy atom. The average Bonchev–Trinajstić information content (AvgIpc) is 2.55. The Hall–Kier alpha value is -1.51. The number of ether oxygens (including phenoxy) is 1. The van der Waals surface area contributed by atoms with Crippen LogP contribution >= 0.6 is 0 Å². The topological polar surface area (TPSA) is 46.5 Å². The molecule has 0 heterocycles. The molecule has 2 saturated carbocycles. The second kappa shape index (κ2) is 7.37. The zero-order chi connectivity index (χ0) is 16.1. The van der Waals surface area contributed by atoms with Crippen LogP contribution in [0.3, 0.4) is 0 Å². The normalized spacial score (nSPS) is 23.6. The molecule has 1 unspecified atom stereocenters. The van der Waals surface area contributed by atoms with Gasteiger partial charge in [0.15, 0.2) is 0 Å². The van der Waals surface area contributed by atoms with Gasteiger partial charge in [-0.3, -0.25) is 4.79 Å². The number of aryl methyl sites for hydroxylation is 1. The highest BCUT2D eigenvalue weighted by Crippen LogP contribution is 2.48. The van der Waals surface area contributed by atoms with Gasteiger partial charge < -0.3 is 9.84 Å². The zero-order valence-electron chi connectivity index (χ0n) is 13.9. The molecule has 126 valence electrons. The summed E-state index contributed by atoms with van der Waals surface area (Å²) in [6.07, 6.45) is 13.2. The van der Waals surface area contributed by atoms with E-state index in [9.17, 15) is 4.79 Å². The fraction of sp³-hybridized carbons (Fsp3) is 0.650. The Balaban J connectivity index is 1.55. The van der Waals surface area contributed by atoms with E-state index in [1.807, 2.05) is 24.3 Å². The van der Waals surface area contributed by atoms with E-state index in [0.717, 1.165) is 11.3 Å². The van der Waals surface area contributed by atoms with E-state index in [4.69, 9.17) is 9.84 Å². The SMILES string of the molecule is O=C(O)CCc1ccc(OC2CCCC3(CCCCC3)C2)cc1. The summed E-state index contributed by atoms with van der Waals surface area (Å²) >= 11 is 0. The van der Waals surface area contributed by atoms with Gasteiger partial charge in [0.1, 0.15) is 5.75 Å². The van der Waals surface area contributed by atoms with Crippen molar-refractivity contribution in [1.29, 1.82) is 0 Å². The largest absolute Gasteiger partial charge is 0.490 e. The van der Waals surface area contributed by atoms with Gasteiger partial charge in [0.2, 0.25) is 0 Å². The van der Waals surface area contributed by atoms with Crippen LogP contribution in [0.1, 0.15) is 69.8 Å². The van der Waals surface area contributed by atoms with Crippen molar-refractivity contribution in [3.63, 3.8) is 0 Å². The third-order valence-electron chi connectivity index (χ3n) is 5.66. The molecular weight excluding hydrogens is 288 g/mol. The van der Waals surface area contributed by atoms with Gasteiger partial charge in [0.05, 0.1) is 6.10 Å². The Kier molecular flexibility index (Phi) is 5.24.